The second-order valence-corrected chi connectivity index (χ2v) is 7.81. The summed E-state index contributed by atoms with van der Waals surface area (Å²) in [6, 6.07) is 13.5. The van der Waals surface area contributed by atoms with Crippen LogP contribution in [0.15, 0.2) is 65.7 Å². The molecule has 1 aliphatic heterocycles. The lowest BCUT2D eigenvalue weighted by atomic mass is 9.89. The van der Waals surface area contributed by atoms with E-state index in [0.29, 0.717) is 12.2 Å². The van der Waals surface area contributed by atoms with Gasteiger partial charge in [-0.05, 0) is 23.3 Å². The molecule has 4 rings (SSSR count). The van der Waals surface area contributed by atoms with Crippen molar-refractivity contribution in [3.05, 3.63) is 93.7 Å². The van der Waals surface area contributed by atoms with Crippen LogP contribution in [0.4, 0.5) is 4.39 Å². The molecule has 9 nitrogen and oxygen atoms in total. The zero-order chi connectivity index (χ0) is 24.2. The fourth-order valence-electron chi connectivity index (χ4n) is 4.01. The number of carboxylic acids is 1. The first kappa shape index (κ1) is 23.3. The van der Waals surface area contributed by atoms with Crippen LogP contribution in [0.1, 0.15) is 37.9 Å². The van der Waals surface area contributed by atoms with E-state index < -0.39 is 41.3 Å². The van der Waals surface area contributed by atoms with Crippen LogP contribution in [0.3, 0.4) is 0 Å². The first-order valence-electron chi connectivity index (χ1n) is 10.5. The van der Waals surface area contributed by atoms with Crippen molar-refractivity contribution < 1.29 is 28.6 Å². The number of aromatic carboxylic acids is 1. The molecule has 1 aromatic heterocycles. The zero-order valence-corrected chi connectivity index (χ0v) is 18.0. The highest BCUT2D eigenvalue weighted by Crippen LogP contribution is 2.37. The van der Waals surface area contributed by atoms with Crippen LogP contribution in [0.5, 0.6) is 0 Å². The third kappa shape index (κ3) is 4.73. The van der Waals surface area contributed by atoms with E-state index in [4.69, 9.17) is 15.2 Å². The maximum absolute atomic E-state index is 15.1. The minimum Gasteiger partial charge on any atom is -0.478 e. The van der Waals surface area contributed by atoms with Gasteiger partial charge in [0.1, 0.15) is 6.17 Å². The van der Waals surface area contributed by atoms with Gasteiger partial charge in [-0.15, -0.1) is 0 Å². The Bertz CT molecular complexity index is 1260. The van der Waals surface area contributed by atoms with Crippen LogP contribution in [-0.4, -0.2) is 52.0 Å². The molecule has 1 aliphatic rings. The molecule has 3 unspecified atom stereocenters. The summed E-state index contributed by atoms with van der Waals surface area (Å²) in [4.78, 5) is 39.8. The molecule has 1 amide bonds. The number of carbonyl (C=O) groups excluding carboxylic acids is 1. The fourth-order valence-corrected chi connectivity index (χ4v) is 4.01. The predicted molar refractivity (Wildman–Crippen MR) is 119 cm³/mol. The maximum atomic E-state index is 15.1. The van der Waals surface area contributed by atoms with E-state index >= 15 is 4.39 Å². The molecule has 0 aliphatic carbocycles. The molecule has 2 heterocycles. The zero-order valence-electron chi connectivity index (χ0n) is 18.0. The molecule has 1 fully saturated rings. The number of amides is 1. The Labute approximate surface area is 193 Å². The highest BCUT2D eigenvalue weighted by molar-refractivity contribution is 5.90. The molecular formula is C24H22FN3O6. The number of rotatable bonds is 8. The van der Waals surface area contributed by atoms with Gasteiger partial charge in [0.15, 0.2) is 5.69 Å². The highest BCUT2D eigenvalue weighted by Gasteiger charge is 2.40. The molecule has 0 spiro atoms. The summed E-state index contributed by atoms with van der Waals surface area (Å²) in [6.07, 6.45) is 0.356. The van der Waals surface area contributed by atoms with Gasteiger partial charge in [0, 0.05) is 18.3 Å². The van der Waals surface area contributed by atoms with Gasteiger partial charge in [-0.25, -0.2) is 14.2 Å². The van der Waals surface area contributed by atoms with Crippen LogP contribution in [0.25, 0.3) is 5.69 Å². The third-order valence-corrected chi connectivity index (χ3v) is 5.62. The number of nitrogens with zero attached hydrogens (tertiary/aromatic N) is 2. The van der Waals surface area contributed by atoms with E-state index in [1.54, 1.807) is 0 Å². The summed E-state index contributed by atoms with van der Waals surface area (Å²) < 4.78 is 27.5. The lowest BCUT2D eigenvalue weighted by Crippen LogP contribution is -2.32. The summed E-state index contributed by atoms with van der Waals surface area (Å²) in [5.41, 5.74) is 5.15. The molecule has 3 atom stereocenters. The number of benzene rings is 2. The lowest BCUT2D eigenvalue weighted by Gasteiger charge is -2.23. The topological polar surface area (TPSA) is 134 Å². The van der Waals surface area contributed by atoms with Crippen molar-refractivity contribution in [2.75, 3.05) is 13.2 Å². The Balaban J connectivity index is 1.71. The summed E-state index contributed by atoms with van der Waals surface area (Å²) in [5.74, 6) is -3.10. The number of hydrogen-bond acceptors (Lipinski definition) is 6. The van der Waals surface area contributed by atoms with E-state index in [9.17, 15) is 19.5 Å². The van der Waals surface area contributed by atoms with E-state index in [2.05, 4.69) is 4.98 Å². The maximum Gasteiger partial charge on any atom is 0.335 e. The first-order chi connectivity index (χ1) is 16.4. The molecule has 0 bridgehead atoms. The van der Waals surface area contributed by atoms with Crippen molar-refractivity contribution in [1.29, 1.82) is 0 Å². The Kier molecular flexibility index (Phi) is 6.80. The number of carboxylic acid groups (broad SMARTS) is 1. The van der Waals surface area contributed by atoms with Crippen LogP contribution < -0.4 is 11.3 Å². The fraction of sp³-hybridized carbons (Fsp3) is 0.250. The Morgan fingerprint density at radius 2 is 2.00 bits per heavy atom. The average Bonchev–Trinajstić information content (AvgIpc) is 3.19. The molecule has 2 aromatic carbocycles. The third-order valence-electron chi connectivity index (χ3n) is 5.62. The molecule has 3 aromatic rings. The summed E-state index contributed by atoms with van der Waals surface area (Å²) in [6.45, 7) is 0.209. The quantitative estimate of drug-likeness (QED) is 0.518. The van der Waals surface area contributed by atoms with Crippen LogP contribution in [0.2, 0.25) is 0 Å². The summed E-state index contributed by atoms with van der Waals surface area (Å²) in [5, 5.41) is 9.46. The molecule has 176 valence electrons. The highest BCUT2D eigenvalue weighted by atomic mass is 19.1. The molecule has 1 saturated heterocycles. The normalized spacial score (nSPS) is 19.7. The smallest absolute Gasteiger partial charge is 0.335 e. The standard InChI is InChI=1S/C24H22FN3O6/c25-17-12-34-19(13-33-11-14-4-2-1-3-5-14)20(17)16-7-6-15(24(31)32)10-18(16)28-9-8-27-21(22(26)29)23(28)30/h1-10,17,19-20H,11-13H2,(H2,26,29)(H,31,32). The molecule has 3 N–H and O–H groups in total. The number of carbonyl (C=O) groups is 2. The molecule has 0 radical (unpaired) electrons. The largest absolute Gasteiger partial charge is 0.478 e. The summed E-state index contributed by atoms with van der Waals surface area (Å²) in [7, 11) is 0. The first-order valence-corrected chi connectivity index (χ1v) is 10.5. The Morgan fingerprint density at radius 3 is 2.71 bits per heavy atom. The Morgan fingerprint density at radius 1 is 1.24 bits per heavy atom. The van der Waals surface area contributed by atoms with Gasteiger partial charge in [0.2, 0.25) is 0 Å². The Hall–Kier alpha value is -3.89. The van der Waals surface area contributed by atoms with Gasteiger partial charge in [-0.1, -0.05) is 36.4 Å². The van der Waals surface area contributed by atoms with Crippen molar-refractivity contribution in [2.45, 2.75) is 24.8 Å². The molecular weight excluding hydrogens is 445 g/mol. The van der Waals surface area contributed by atoms with Crippen molar-refractivity contribution in [3.63, 3.8) is 0 Å². The number of alkyl halides is 1. The number of primary amides is 1. The number of aromatic nitrogens is 2. The van der Waals surface area contributed by atoms with Crippen molar-refractivity contribution in [3.8, 4) is 5.69 Å². The van der Waals surface area contributed by atoms with E-state index in [0.717, 1.165) is 10.1 Å². The second-order valence-electron chi connectivity index (χ2n) is 7.81. The summed E-state index contributed by atoms with van der Waals surface area (Å²) >= 11 is 0. The molecule has 0 saturated carbocycles. The number of hydrogen-bond donors (Lipinski definition) is 2. The second kappa shape index (κ2) is 9.94. The van der Waals surface area contributed by atoms with Crippen LogP contribution in [0, 0.1) is 0 Å². The minimum atomic E-state index is -1.42. The molecule has 10 heteroatoms. The van der Waals surface area contributed by atoms with Crippen molar-refractivity contribution in [1.82, 2.24) is 9.55 Å². The molecule has 34 heavy (non-hydrogen) atoms. The van der Waals surface area contributed by atoms with Gasteiger partial charge in [0.25, 0.3) is 11.5 Å². The van der Waals surface area contributed by atoms with Gasteiger partial charge in [-0.2, -0.15) is 0 Å². The SMILES string of the molecule is NC(=O)c1nccn(-c2cc(C(=O)O)ccc2C2C(F)COC2COCc2ccccc2)c1=O. The van der Waals surface area contributed by atoms with Crippen LogP contribution >= 0.6 is 0 Å². The van der Waals surface area contributed by atoms with Crippen molar-refractivity contribution in [2.24, 2.45) is 5.73 Å². The number of ether oxygens (including phenoxy) is 2. The van der Waals surface area contributed by atoms with Gasteiger partial charge < -0.3 is 20.3 Å². The van der Waals surface area contributed by atoms with Gasteiger partial charge >= 0.3 is 5.97 Å². The predicted octanol–water partition coefficient (Wildman–Crippen LogP) is 2.07. The monoisotopic (exact) mass is 467 g/mol. The van der Waals surface area contributed by atoms with Crippen LogP contribution in [-0.2, 0) is 16.1 Å². The lowest BCUT2D eigenvalue weighted by molar-refractivity contribution is 0.00466. The van der Waals surface area contributed by atoms with E-state index in [-0.39, 0.29) is 24.5 Å². The van der Waals surface area contributed by atoms with E-state index in [1.807, 2.05) is 30.3 Å². The van der Waals surface area contributed by atoms with Gasteiger partial charge in [-0.3, -0.25) is 14.2 Å². The number of nitrogens with two attached hydrogens (primary N) is 1. The van der Waals surface area contributed by atoms with Crippen molar-refractivity contribution >= 4 is 11.9 Å². The average molecular weight is 467 g/mol. The minimum absolute atomic E-state index is 0.0812. The van der Waals surface area contributed by atoms with E-state index in [1.165, 1.54) is 30.6 Å². The number of halogens is 1. The van der Waals surface area contributed by atoms with Gasteiger partial charge in [0.05, 0.1) is 37.2 Å².